The fraction of sp³-hybridized carbons (Fsp3) is 0.750. The van der Waals surface area contributed by atoms with Crippen molar-refractivity contribution < 1.29 is 4.79 Å². The Morgan fingerprint density at radius 1 is 1.62 bits per heavy atom. The van der Waals surface area contributed by atoms with E-state index in [1.165, 1.54) is 5.57 Å². The smallest absolute Gasteiger partial charge is 0.140 e. The average molecular weight is 180 g/mol. The molecule has 0 aromatic heterocycles. The van der Waals surface area contributed by atoms with Crippen molar-refractivity contribution in [3.63, 3.8) is 0 Å². The molecule has 74 valence electrons. The van der Waals surface area contributed by atoms with Gasteiger partial charge in [-0.15, -0.1) is 0 Å². The maximum Gasteiger partial charge on any atom is 0.140 e. The van der Waals surface area contributed by atoms with E-state index in [9.17, 15) is 4.79 Å². The number of hydrogen-bond donors (Lipinski definition) is 0. The zero-order chi connectivity index (χ0) is 10.1. The Hall–Kier alpha value is -0.590. The van der Waals surface area contributed by atoms with Crippen LogP contribution in [-0.2, 0) is 4.79 Å². The van der Waals surface area contributed by atoms with E-state index in [4.69, 9.17) is 0 Å². The van der Waals surface area contributed by atoms with Crippen LogP contribution in [0.1, 0.15) is 47.0 Å². The number of ketones is 1. The van der Waals surface area contributed by atoms with Gasteiger partial charge < -0.3 is 0 Å². The summed E-state index contributed by atoms with van der Waals surface area (Å²) in [5, 5.41) is 0. The summed E-state index contributed by atoms with van der Waals surface area (Å²) in [5.74, 6) is 0.574. The summed E-state index contributed by atoms with van der Waals surface area (Å²) in [6.07, 6.45) is 5.16. The first kappa shape index (κ1) is 10.5. The maximum absolute atomic E-state index is 11.8. The van der Waals surface area contributed by atoms with Crippen LogP contribution in [0.15, 0.2) is 11.6 Å². The predicted molar refractivity (Wildman–Crippen MR) is 55.6 cm³/mol. The molecule has 0 amide bonds. The molecule has 0 saturated heterocycles. The van der Waals surface area contributed by atoms with E-state index < -0.39 is 0 Å². The highest BCUT2D eigenvalue weighted by molar-refractivity contribution is 5.84. The molecule has 0 saturated carbocycles. The van der Waals surface area contributed by atoms with Gasteiger partial charge in [-0.2, -0.15) is 0 Å². The second-order valence-electron chi connectivity index (χ2n) is 4.73. The number of carbonyl (C=O) groups excluding carboxylic acids is 1. The molecular weight excluding hydrogens is 160 g/mol. The minimum Gasteiger partial charge on any atom is -0.299 e. The number of Topliss-reactive ketones (excluding diaryl/α,β-unsaturated/α-hetero) is 1. The third kappa shape index (κ3) is 2.01. The Balaban J connectivity index is 2.94. The normalized spacial score (nSPS) is 26.8. The maximum atomic E-state index is 11.8. The lowest BCUT2D eigenvalue weighted by molar-refractivity contribution is -0.124. The van der Waals surface area contributed by atoms with Gasteiger partial charge in [0.2, 0.25) is 0 Å². The number of carbonyl (C=O) groups is 1. The third-order valence-electron chi connectivity index (χ3n) is 3.16. The first-order valence-electron chi connectivity index (χ1n) is 5.18. The van der Waals surface area contributed by atoms with E-state index in [2.05, 4.69) is 26.8 Å². The summed E-state index contributed by atoms with van der Waals surface area (Å²) < 4.78 is 0. The van der Waals surface area contributed by atoms with Gasteiger partial charge in [-0.3, -0.25) is 4.79 Å². The lowest BCUT2D eigenvalue weighted by atomic mass is 9.66. The molecule has 0 N–H and O–H groups in total. The first-order chi connectivity index (χ1) is 5.99. The molecule has 1 rings (SSSR count). The first-order valence-corrected chi connectivity index (χ1v) is 5.18. The molecular formula is C12H20O. The summed E-state index contributed by atoms with van der Waals surface area (Å²) in [6, 6.07) is 0. The second kappa shape index (κ2) is 3.65. The Labute approximate surface area is 81.2 Å². The van der Waals surface area contributed by atoms with E-state index in [-0.39, 0.29) is 11.3 Å². The lowest BCUT2D eigenvalue weighted by Crippen LogP contribution is -2.33. The Kier molecular flexibility index (Phi) is 2.94. The van der Waals surface area contributed by atoms with Crippen molar-refractivity contribution >= 4 is 5.78 Å². The minimum absolute atomic E-state index is 0.172. The molecule has 0 heterocycles. The molecule has 1 heteroatoms. The molecule has 1 aliphatic carbocycles. The van der Waals surface area contributed by atoms with Gasteiger partial charge >= 0.3 is 0 Å². The van der Waals surface area contributed by atoms with Crippen LogP contribution < -0.4 is 0 Å². The van der Waals surface area contributed by atoms with Gasteiger partial charge in [0.05, 0.1) is 0 Å². The van der Waals surface area contributed by atoms with Crippen LogP contribution in [0, 0.1) is 11.3 Å². The molecule has 0 spiro atoms. The van der Waals surface area contributed by atoms with Crippen molar-refractivity contribution in [1.29, 1.82) is 0 Å². The molecule has 0 aliphatic heterocycles. The lowest BCUT2D eigenvalue weighted by Gasteiger charge is -2.37. The number of allylic oxidation sites excluding steroid dienone is 2. The average Bonchev–Trinajstić information content (AvgIpc) is 2.02. The van der Waals surface area contributed by atoms with Crippen LogP contribution in [0.5, 0.6) is 0 Å². The zero-order valence-corrected chi connectivity index (χ0v) is 9.18. The van der Waals surface area contributed by atoms with Crippen LogP contribution in [0.4, 0.5) is 0 Å². The van der Waals surface area contributed by atoms with Crippen molar-refractivity contribution in [2.24, 2.45) is 11.3 Å². The van der Waals surface area contributed by atoms with Crippen molar-refractivity contribution in [3.05, 3.63) is 11.6 Å². The van der Waals surface area contributed by atoms with Crippen molar-refractivity contribution in [1.82, 2.24) is 0 Å². The summed E-state index contributed by atoms with van der Waals surface area (Å²) in [5.41, 5.74) is 1.45. The predicted octanol–water partition coefficient (Wildman–Crippen LogP) is 3.35. The second-order valence-corrected chi connectivity index (χ2v) is 4.73. The molecule has 1 unspecified atom stereocenters. The van der Waals surface area contributed by atoms with E-state index in [1.807, 2.05) is 6.92 Å². The largest absolute Gasteiger partial charge is 0.299 e. The molecule has 0 aromatic rings. The van der Waals surface area contributed by atoms with Gasteiger partial charge in [-0.25, -0.2) is 0 Å². The zero-order valence-electron chi connectivity index (χ0n) is 9.18. The Bertz CT molecular complexity index is 236. The fourth-order valence-corrected chi connectivity index (χ4v) is 2.44. The highest BCUT2D eigenvalue weighted by atomic mass is 16.1. The van der Waals surface area contributed by atoms with Gasteiger partial charge in [0.15, 0.2) is 0 Å². The van der Waals surface area contributed by atoms with Crippen molar-refractivity contribution in [2.45, 2.75) is 47.0 Å². The summed E-state index contributed by atoms with van der Waals surface area (Å²) in [7, 11) is 0. The van der Waals surface area contributed by atoms with Crippen LogP contribution in [0.25, 0.3) is 0 Å². The summed E-state index contributed by atoms with van der Waals surface area (Å²) >= 11 is 0. The number of rotatable bonds is 2. The molecule has 0 fully saturated rings. The monoisotopic (exact) mass is 180 g/mol. The van der Waals surface area contributed by atoms with Gasteiger partial charge in [-0.1, -0.05) is 32.4 Å². The third-order valence-corrected chi connectivity index (χ3v) is 3.16. The minimum atomic E-state index is 0.172. The molecule has 0 radical (unpaired) electrons. The SMILES string of the molecule is CCC(=O)C1C(C)=CCCC1(C)C. The molecule has 1 aliphatic rings. The van der Waals surface area contributed by atoms with Crippen molar-refractivity contribution in [2.75, 3.05) is 0 Å². The molecule has 1 atom stereocenters. The molecule has 13 heavy (non-hydrogen) atoms. The van der Waals surface area contributed by atoms with Crippen LogP contribution in [-0.4, -0.2) is 5.78 Å². The van der Waals surface area contributed by atoms with E-state index >= 15 is 0 Å². The topological polar surface area (TPSA) is 17.1 Å². The Morgan fingerprint density at radius 2 is 2.23 bits per heavy atom. The van der Waals surface area contributed by atoms with Gasteiger partial charge in [0.25, 0.3) is 0 Å². The van der Waals surface area contributed by atoms with Gasteiger partial charge in [0, 0.05) is 12.3 Å². The van der Waals surface area contributed by atoms with E-state index in [0.717, 1.165) is 12.8 Å². The summed E-state index contributed by atoms with van der Waals surface area (Å²) in [6.45, 7) is 8.48. The molecule has 1 nitrogen and oxygen atoms in total. The van der Waals surface area contributed by atoms with Crippen LogP contribution in [0.3, 0.4) is 0 Å². The standard InChI is InChI=1S/C12H20O/c1-5-10(13)11-9(2)7-6-8-12(11,3)4/h7,11H,5-6,8H2,1-4H3. The highest BCUT2D eigenvalue weighted by Crippen LogP contribution is 2.41. The van der Waals surface area contributed by atoms with Crippen LogP contribution in [0.2, 0.25) is 0 Å². The van der Waals surface area contributed by atoms with Crippen molar-refractivity contribution in [3.8, 4) is 0 Å². The molecule has 0 bridgehead atoms. The van der Waals surface area contributed by atoms with E-state index in [0.29, 0.717) is 12.2 Å². The number of hydrogen-bond acceptors (Lipinski definition) is 1. The fourth-order valence-electron chi connectivity index (χ4n) is 2.44. The van der Waals surface area contributed by atoms with Gasteiger partial charge in [-0.05, 0) is 25.2 Å². The summed E-state index contributed by atoms with van der Waals surface area (Å²) in [4.78, 5) is 11.8. The van der Waals surface area contributed by atoms with Crippen LogP contribution >= 0.6 is 0 Å². The Morgan fingerprint density at radius 3 is 2.69 bits per heavy atom. The van der Waals surface area contributed by atoms with E-state index in [1.54, 1.807) is 0 Å². The molecule has 0 aromatic carbocycles. The van der Waals surface area contributed by atoms with Gasteiger partial charge in [0.1, 0.15) is 5.78 Å². The highest BCUT2D eigenvalue weighted by Gasteiger charge is 2.36. The quantitative estimate of drug-likeness (QED) is 0.596.